The second-order valence-corrected chi connectivity index (χ2v) is 7.29. The molecule has 0 aliphatic carbocycles. The standard InChI is InChI=1S/C15H12BrN3OS2/c1-2-6-19-13-12(22-15(19)21)14(20)18(9-17-13)8-10-4-3-5-11(16)7-10/h2-5,7,9H,1,6,8H2. The van der Waals surface area contributed by atoms with Crippen molar-refractivity contribution in [1.29, 1.82) is 0 Å². The molecular formula is C15H12BrN3OS2. The zero-order chi connectivity index (χ0) is 15.7. The van der Waals surface area contributed by atoms with Gasteiger partial charge < -0.3 is 4.57 Å². The lowest BCUT2D eigenvalue weighted by atomic mass is 10.2. The summed E-state index contributed by atoms with van der Waals surface area (Å²) in [6, 6.07) is 7.86. The Kier molecular flexibility index (Phi) is 4.37. The highest BCUT2D eigenvalue weighted by atomic mass is 79.9. The number of halogens is 1. The SMILES string of the molecule is C=CCn1c(=S)sc2c(=O)n(Cc3cccc(Br)c3)cnc21. The number of hydrogen-bond acceptors (Lipinski definition) is 4. The average molecular weight is 394 g/mol. The zero-order valence-electron chi connectivity index (χ0n) is 11.5. The molecule has 22 heavy (non-hydrogen) atoms. The lowest BCUT2D eigenvalue weighted by molar-refractivity contribution is 0.741. The van der Waals surface area contributed by atoms with Crippen LogP contribution in [0.25, 0.3) is 10.3 Å². The van der Waals surface area contributed by atoms with E-state index in [1.54, 1.807) is 17.0 Å². The Balaban J connectivity index is 2.09. The molecule has 0 unspecified atom stereocenters. The normalized spacial score (nSPS) is 11.0. The van der Waals surface area contributed by atoms with Crippen molar-refractivity contribution >= 4 is 49.8 Å². The second-order valence-electron chi connectivity index (χ2n) is 4.73. The minimum atomic E-state index is -0.0658. The van der Waals surface area contributed by atoms with E-state index in [0.29, 0.717) is 27.4 Å². The van der Waals surface area contributed by atoms with Crippen LogP contribution in [0.5, 0.6) is 0 Å². The van der Waals surface area contributed by atoms with Crippen molar-refractivity contribution < 1.29 is 0 Å². The summed E-state index contributed by atoms with van der Waals surface area (Å²) in [5.74, 6) is 0. The summed E-state index contributed by atoms with van der Waals surface area (Å²) in [6.07, 6.45) is 3.32. The molecule has 0 spiro atoms. The van der Waals surface area contributed by atoms with E-state index in [2.05, 4.69) is 27.5 Å². The molecule has 3 rings (SSSR count). The van der Waals surface area contributed by atoms with Gasteiger partial charge in [0.05, 0.1) is 6.54 Å². The van der Waals surface area contributed by atoms with Crippen LogP contribution in [0.3, 0.4) is 0 Å². The summed E-state index contributed by atoms with van der Waals surface area (Å²) >= 11 is 10.0. The van der Waals surface area contributed by atoms with Crippen molar-refractivity contribution in [3.8, 4) is 0 Å². The van der Waals surface area contributed by atoms with Gasteiger partial charge in [0.1, 0.15) is 11.0 Å². The molecule has 2 heterocycles. The van der Waals surface area contributed by atoms with Crippen molar-refractivity contribution in [2.45, 2.75) is 13.1 Å². The third-order valence-electron chi connectivity index (χ3n) is 3.20. The maximum Gasteiger partial charge on any atom is 0.273 e. The summed E-state index contributed by atoms with van der Waals surface area (Å²) in [6.45, 7) is 4.75. The van der Waals surface area contributed by atoms with Gasteiger partial charge in [-0.15, -0.1) is 6.58 Å². The molecule has 7 heteroatoms. The van der Waals surface area contributed by atoms with E-state index in [-0.39, 0.29) is 5.56 Å². The Hall–Kier alpha value is -1.57. The third-order valence-corrected chi connectivity index (χ3v) is 5.12. The van der Waals surface area contributed by atoms with Crippen LogP contribution in [0.15, 0.2) is 52.5 Å². The largest absolute Gasteiger partial charge is 0.304 e. The van der Waals surface area contributed by atoms with Crippen molar-refractivity contribution in [2.24, 2.45) is 0 Å². The molecule has 0 aliphatic heterocycles. The minimum Gasteiger partial charge on any atom is -0.304 e. The van der Waals surface area contributed by atoms with Crippen molar-refractivity contribution in [3.63, 3.8) is 0 Å². The smallest absolute Gasteiger partial charge is 0.273 e. The Morgan fingerprint density at radius 1 is 1.45 bits per heavy atom. The van der Waals surface area contributed by atoms with Gasteiger partial charge in [-0.3, -0.25) is 9.36 Å². The molecular weight excluding hydrogens is 382 g/mol. The molecule has 0 fully saturated rings. The second kappa shape index (κ2) is 6.28. The predicted octanol–water partition coefficient (Wildman–Crippen LogP) is 3.99. The predicted molar refractivity (Wildman–Crippen MR) is 96.1 cm³/mol. The van der Waals surface area contributed by atoms with Crippen LogP contribution in [0.1, 0.15) is 5.56 Å². The molecule has 0 aliphatic rings. The summed E-state index contributed by atoms with van der Waals surface area (Å²) in [4.78, 5) is 17.0. The van der Waals surface area contributed by atoms with Crippen LogP contribution in [0, 0.1) is 3.95 Å². The first kappa shape index (κ1) is 15.3. The fourth-order valence-electron chi connectivity index (χ4n) is 2.21. The molecule has 0 amide bonds. The van der Waals surface area contributed by atoms with Gasteiger partial charge in [0, 0.05) is 11.0 Å². The summed E-state index contributed by atoms with van der Waals surface area (Å²) in [5, 5.41) is 0. The zero-order valence-corrected chi connectivity index (χ0v) is 14.7. The fourth-order valence-corrected chi connectivity index (χ4v) is 3.97. The molecule has 1 aromatic carbocycles. The number of aromatic nitrogens is 3. The van der Waals surface area contributed by atoms with Crippen LogP contribution in [-0.4, -0.2) is 14.1 Å². The van der Waals surface area contributed by atoms with Gasteiger partial charge in [-0.05, 0) is 29.9 Å². The van der Waals surface area contributed by atoms with Crippen LogP contribution >= 0.6 is 39.5 Å². The van der Waals surface area contributed by atoms with Gasteiger partial charge in [-0.1, -0.05) is 45.5 Å². The topological polar surface area (TPSA) is 39.8 Å². The first-order valence-corrected chi connectivity index (χ1v) is 8.56. The molecule has 4 nitrogen and oxygen atoms in total. The summed E-state index contributed by atoms with van der Waals surface area (Å²) in [5.41, 5.74) is 1.60. The van der Waals surface area contributed by atoms with E-state index < -0.39 is 0 Å². The number of benzene rings is 1. The van der Waals surface area contributed by atoms with Crippen molar-refractivity contribution in [2.75, 3.05) is 0 Å². The number of nitrogens with zero attached hydrogens (tertiary/aromatic N) is 3. The van der Waals surface area contributed by atoms with E-state index in [4.69, 9.17) is 12.2 Å². The molecule has 0 radical (unpaired) electrons. The number of fused-ring (bicyclic) bond motifs is 1. The number of rotatable bonds is 4. The highest BCUT2D eigenvalue weighted by molar-refractivity contribution is 9.10. The lowest BCUT2D eigenvalue weighted by Crippen LogP contribution is -2.20. The van der Waals surface area contributed by atoms with E-state index >= 15 is 0 Å². The van der Waals surface area contributed by atoms with Gasteiger partial charge >= 0.3 is 0 Å². The quantitative estimate of drug-likeness (QED) is 0.496. The van der Waals surface area contributed by atoms with Crippen LogP contribution < -0.4 is 5.56 Å². The molecule has 0 saturated carbocycles. The summed E-state index contributed by atoms with van der Waals surface area (Å²) in [7, 11) is 0. The van der Waals surface area contributed by atoms with Gasteiger partial charge in [0.25, 0.3) is 5.56 Å². The molecule has 0 saturated heterocycles. The molecule has 112 valence electrons. The van der Waals surface area contributed by atoms with Crippen LogP contribution in [0.2, 0.25) is 0 Å². The van der Waals surface area contributed by atoms with E-state index in [1.807, 2.05) is 28.8 Å². The van der Waals surface area contributed by atoms with Gasteiger partial charge in [-0.2, -0.15) is 0 Å². The Labute approximate surface area is 144 Å². The van der Waals surface area contributed by atoms with E-state index in [0.717, 1.165) is 10.0 Å². The third kappa shape index (κ3) is 2.84. The molecule has 0 N–H and O–H groups in total. The number of allylic oxidation sites excluding steroid dienone is 1. The van der Waals surface area contributed by atoms with Crippen LogP contribution in [0.4, 0.5) is 0 Å². The fraction of sp³-hybridized carbons (Fsp3) is 0.133. The van der Waals surface area contributed by atoms with Crippen molar-refractivity contribution in [1.82, 2.24) is 14.1 Å². The van der Waals surface area contributed by atoms with Crippen molar-refractivity contribution in [3.05, 3.63) is 67.6 Å². The van der Waals surface area contributed by atoms with Gasteiger partial charge in [0.2, 0.25) is 0 Å². The Morgan fingerprint density at radius 2 is 2.27 bits per heavy atom. The van der Waals surface area contributed by atoms with E-state index in [9.17, 15) is 4.79 Å². The van der Waals surface area contributed by atoms with Gasteiger partial charge in [-0.25, -0.2) is 4.98 Å². The molecule has 2 aromatic heterocycles. The molecule has 0 bridgehead atoms. The maximum absolute atomic E-state index is 12.6. The molecule has 3 aromatic rings. The van der Waals surface area contributed by atoms with Crippen LogP contribution in [-0.2, 0) is 13.1 Å². The first-order valence-electron chi connectivity index (χ1n) is 6.54. The van der Waals surface area contributed by atoms with Gasteiger partial charge in [0.15, 0.2) is 9.60 Å². The minimum absolute atomic E-state index is 0.0658. The number of hydrogen-bond donors (Lipinski definition) is 0. The Bertz CT molecular complexity index is 971. The Morgan fingerprint density at radius 3 is 3.00 bits per heavy atom. The monoisotopic (exact) mass is 393 g/mol. The average Bonchev–Trinajstić information content (AvgIpc) is 2.80. The highest BCUT2D eigenvalue weighted by Gasteiger charge is 2.11. The summed E-state index contributed by atoms with van der Waals surface area (Å²) < 4.78 is 5.64. The van der Waals surface area contributed by atoms with E-state index in [1.165, 1.54) is 11.3 Å². The highest BCUT2D eigenvalue weighted by Crippen LogP contribution is 2.18. The maximum atomic E-state index is 12.6. The first-order chi connectivity index (χ1) is 10.6. The molecule has 0 atom stereocenters. The lowest BCUT2D eigenvalue weighted by Gasteiger charge is -2.06. The number of thiazole rings is 1.